The molecule has 0 spiro atoms. The summed E-state index contributed by atoms with van der Waals surface area (Å²) in [6.07, 6.45) is 8.37. The van der Waals surface area contributed by atoms with Crippen molar-refractivity contribution >= 4 is 28.7 Å². The second kappa shape index (κ2) is 10.1. The van der Waals surface area contributed by atoms with Gasteiger partial charge in [-0.2, -0.15) is 0 Å². The van der Waals surface area contributed by atoms with E-state index >= 15 is 0 Å². The van der Waals surface area contributed by atoms with Gasteiger partial charge in [0, 0.05) is 4.91 Å². The number of imidazole rings is 1. The normalized spacial score (nSPS) is 13.6. The van der Waals surface area contributed by atoms with Crippen molar-refractivity contribution in [2.45, 2.75) is 39.8 Å². The van der Waals surface area contributed by atoms with Crippen molar-refractivity contribution in [3.8, 4) is 5.75 Å². The van der Waals surface area contributed by atoms with Crippen molar-refractivity contribution in [2.24, 2.45) is 0 Å². The lowest BCUT2D eigenvalue weighted by Gasteiger charge is -2.20. The van der Waals surface area contributed by atoms with Crippen molar-refractivity contribution in [3.63, 3.8) is 0 Å². The molecule has 33 heavy (non-hydrogen) atoms. The van der Waals surface area contributed by atoms with Crippen molar-refractivity contribution in [2.75, 3.05) is 6.26 Å². The van der Waals surface area contributed by atoms with E-state index in [1.165, 1.54) is 21.6 Å². The second-order valence-corrected chi connectivity index (χ2v) is 8.81. The van der Waals surface area contributed by atoms with E-state index in [2.05, 4.69) is 61.1 Å². The molecule has 1 aliphatic rings. The fourth-order valence-corrected chi connectivity index (χ4v) is 4.99. The van der Waals surface area contributed by atoms with Gasteiger partial charge in [0.15, 0.2) is 0 Å². The topological polar surface area (TPSA) is 64.3 Å². The first kappa shape index (κ1) is 22.9. The number of hydrogen-bond acceptors (Lipinski definition) is 4. The van der Waals surface area contributed by atoms with E-state index in [4.69, 9.17) is 9.72 Å². The maximum atomic E-state index is 11.6. The number of fused-ring (bicyclic) bond motifs is 2. The molecule has 1 N–H and O–H groups in total. The van der Waals surface area contributed by atoms with E-state index in [9.17, 15) is 9.90 Å². The molecular weight excluding hydrogens is 432 g/mol. The zero-order valence-electron chi connectivity index (χ0n) is 19.2. The van der Waals surface area contributed by atoms with Gasteiger partial charge in [0.1, 0.15) is 23.7 Å². The number of carbonyl (C=O) groups is 1. The van der Waals surface area contributed by atoms with Crippen LogP contribution in [0.15, 0.2) is 60.2 Å². The zero-order chi connectivity index (χ0) is 23.4. The van der Waals surface area contributed by atoms with Gasteiger partial charge in [-0.05, 0) is 49.3 Å². The smallest absolute Gasteiger partial charge is 0.339 e. The summed E-state index contributed by atoms with van der Waals surface area (Å²) >= 11 is 1.73. The van der Waals surface area contributed by atoms with Crippen molar-refractivity contribution < 1.29 is 14.6 Å². The predicted molar refractivity (Wildman–Crippen MR) is 134 cm³/mol. The molecule has 2 aromatic carbocycles. The van der Waals surface area contributed by atoms with Crippen LogP contribution < -0.4 is 15.4 Å². The summed E-state index contributed by atoms with van der Waals surface area (Å²) < 4.78 is 8.19. The first-order chi connectivity index (χ1) is 16.0. The standard InChI is InChI=1S/C27H28N2O3S/c1-4-9-18(2)14-15-22-25-26(33-3)20-11-6-5-10-19(20)16-29(25)24(28-22)17-32-23-13-8-7-12-21(23)27(30)31/h5-13,15H,4,14,16-17H2,1-3H3,(H,30,31)/b18-9-,22-15+. The molecule has 0 saturated carbocycles. The fraction of sp³-hybridized carbons (Fsp3) is 0.259. The molecule has 0 atom stereocenters. The van der Waals surface area contributed by atoms with Gasteiger partial charge in [-0.15, -0.1) is 11.8 Å². The lowest BCUT2D eigenvalue weighted by atomic mass is 10.0. The van der Waals surface area contributed by atoms with Crippen LogP contribution in [0.4, 0.5) is 0 Å². The Labute approximate surface area is 198 Å². The molecule has 2 heterocycles. The largest absolute Gasteiger partial charge is 0.485 e. The molecule has 4 rings (SSSR count). The Hall–Kier alpha value is -3.25. The Balaban J connectivity index is 1.82. The summed E-state index contributed by atoms with van der Waals surface area (Å²) in [4.78, 5) is 17.7. The van der Waals surface area contributed by atoms with Gasteiger partial charge in [0.25, 0.3) is 0 Å². The number of thioether (sulfide) groups is 1. The van der Waals surface area contributed by atoms with E-state index < -0.39 is 5.97 Å². The SMILES string of the molecule is CC/C=C(/C)C/C=c1/nc(COc2ccccc2C(=O)O)n2c1=C(SC)c1ccccc1C2. The predicted octanol–water partition coefficient (Wildman–Crippen LogP) is 4.57. The molecule has 1 aliphatic heterocycles. The first-order valence-corrected chi connectivity index (χ1v) is 12.3. The molecule has 0 amide bonds. The van der Waals surface area contributed by atoms with Crippen LogP contribution in [-0.4, -0.2) is 26.9 Å². The van der Waals surface area contributed by atoms with E-state index in [1.807, 2.05) is 0 Å². The monoisotopic (exact) mass is 460 g/mol. The van der Waals surface area contributed by atoms with Crippen molar-refractivity contribution in [1.29, 1.82) is 0 Å². The number of carboxylic acid groups (broad SMARTS) is 1. The lowest BCUT2D eigenvalue weighted by Crippen LogP contribution is -2.36. The third kappa shape index (κ3) is 4.76. The van der Waals surface area contributed by atoms with E-state index in [-0.39, 0.29) is 12.2 Å². The third-order valence-electron chi connectivity index (χ3n) is 5.73. The quantitative estimate of drug-likeness (QED) is 0.499. The Morgan fingerprint density at radius 2 is 1.97 bits per heavy atom. The highest BCUT2D eigenvalue weighted by molar-refractivity contribution is 8.07. The Bertz CT molecular complexity index is 1340. The minimum atomic E-state index is -1.00. The number of ether oxygens (including phenoxy) is 1. The number of para-hydroxylation sites is 1. The number of carboxylic acids is 1. The van der Waals surface area contributed by atoms with E-state index in [1.54, 1.807) is 36.0 Å². The average molecular weight is 461 g/mol. The number of hydrogen-bond donors (Lipinski definition) is 1. The highest BCUT2D eigenvalue weighted by Gasteiger charge is 2.21. The Morgan fingerprint density at radius 1 is 1.21 bits per heavy atom. The first-order valence-electron chi connectivity index (χ1n) is 11.1. The van der Waals surface area contributed by atoms with Gasteiger partial charge in [-0.1, -0.05) is 61.0 Å². The molecule has 0 aliphatic carbocycles. The van der Waals surface area contributed by atoms with Gasteiger partial charge in [-0.25, -0.2) is 9.78 Å². The molecule has 0 bridgehead atoms. The summed E-state index contributed by atoms with van der Waals surface area (Å²) in [5.74, 6) is 0.129. The van der Waals surface area contributed by atoms with Crippen LogP contribution in [0.3, 0.4) is 0 Å². The molecule has 0 saturated heterocycles. The van der Waals surface area contributed by atoms with Gasteiger partial charge in [-0.3, -0.25) is 0 Å². The molecule has 5 nitrogen and oxygen atoms in total. The van der Waals surface area contributed by atoms with Crippen LogP contribution in [0, 0.1) is 0 Å². The Morgan fingerprint density at radius 3 is 2.73 bits per heavy atom. The van der Waals surface area contributed by atoms with Gasteiger partial charge < -0.3 is 14.4 Å². The number of benzene rings is 2. The molecule has 170 valence electrons. The summed E-state index contributed by atoms with van der Waals surface area (Å²) in [5.41, 5.74) is 3.95. The van der Waals surface area contributed by atoms with E-state index in [0.717, 1.165) is 29.4 Å². The molecule has 0 unspecified atom stereocenters. The number of allylic oxidation sites excluding steroid dienone is 2. The maximum Gasteiger partial charge on any atom is 0.339 e. The lowest BCUT2D eigenvalue weighted by molar-refractivity contribution is 0.0691. The molecule has 1 aromatic heterocycles. The fourth-order valence-electron chi connectivity index (χ4n) is 4.17. The molecule has 0 radical (unpaired) electrons. The van der Waals surface area contributed by atoms with E-state index in [0.29, 0.717) is 12.3 Å². The van der Waals surface area contributed by atoms with Crippen LogP contribution >= 0.6 is 11.8 Å². The number of rotatable bonds is 8. The highest BCUT2D eigenvalue weighted by Crippen LogP contribution is 2.28. The summed E-state index contributed by atoms with van der Waals surface area (Å²) in [5, 5.41) is 11.5. The minimum absolute atomic E-state index is 0.150. The van der Waals surface area contributed by atoms with Gasteiger partial charge in [0.05, 0.1) is 17.2 Å². The van der Waals surface area contributed by atoms with Crippen LogP contribution in [0.2, 0.25) is 0 Å². The summed E-state index contributed by atoms with van der Waals surface area (Å²) in [6.45, 7) is 5.19. The minimum Gasteiger partial charge on any atom is -0.485 e. The second-order valence-electron chi connectivity index (χ2n) is 8.00. The number of nitrogens with zero attached hydrogens (tertiary/aromatic N) is 2. The number of aromatic nitrogens is 2. The van der Waals surface area contributed by atoms with Crippen LogP contribution in [-0.2, 0) is 13.2 Å². The highest BCUT2D eigenvalue weighted by atomic mass is 32.2. The number of aromatic carboxylic acids is 1. The molecule has 3 aromatic rings. The van der Waals surface area contributed by atoms with Crippen molar-refractivity contribution in [1.82, 2.24) is 9.55 Å². The molecule has 6 heteroatoms. The van der Waals surface area contributed by atoms with Gasteiger partial charge in [0.2, 0.25) is 0 Å². The summed E-state index contributed by atoms with van der Waals surface area (Å²) in [7, 11) is 0. The van der Waals surface area contributed by atoms with Gasteiger partial charge >= 0.3 is 5.97 Å². The van der Waals surface area contributed by atoms with Crippen LogP contribution in [0.1, 0.15) is 54.0 Å². The van der Waals surface area contributed by atoms with Crippen molar-refractivity contribution in [3.05, 3.63) is 93.4 Å². The average Bonchev–Trinajstić information content (AvgIpc) is 3.17. The summed E-state index contributed by atoms with van der Waals surface area (Å²) in [6, 6.07) is 15.2. The third-order valence-corrected chi connectivity index (χ3v) is 6.55. The molecule has 0 fully saturated rings. The zero-order valence-corrected chi connectivity index (χ0v) is 20.0. The maximum absolute atomic E-state index is 11.6. The Kier molecular flexibility index (Phi) is 7.04. The molecular formula is C27H28N2O3S. The van der Waals surface area contributed by atoms with Crippen LogP contribution in [0.25, 0.3) is 11.0 Å². The van der Waals surface area contributed by atoms with Crippen LogP contribution in [0.5, 0.6) is 5.75 Å².